The highest BCUT2D eigenvalue weighted by molar-refractivity contribution is 5.38. The van der Waals surface area contributed by atoms with Crippen molar-refractivity contribution < 1.29 is 29.2 Å². The fourth-order valence-electron chi connectivity index (χ4n) is 12.4. The molecular formula is C41H63NO6. The van der Waals surface area contributed by atoms with Gasteiger partial charge in [0.15, 0.2) is 12.1 Å². The minimum absolute atomic E-state index is 0.162. The van der Waals surface area contributed by atoms with Gasteiger partial charge in [-0.2, -0.15) is 0 Å². The second-order valence-electron chi connectivity index (χ2n) is 17.5. The van der Waals surface area contributed by atoms with Gasteiger partial charge in [0.05, 0.1) is 18.8 Å². The van der Waals surface area contributed by atoms with Crippen LogP contribution in [0, 0.1) is 40.9 Å². The van der Waals surface area contributed by atoms with E-state index in [1.165, 1.54) is 63.4 Å². The Balaban J connectivity index is 1.08. The van der Waals surface area contributed by atoms with Gasteiger partial charge in [0, 0.05) is 36.9 Å². The monoisotopic (exact) mass is 665 g/mol. The minimum Gasteiger partial charge on any atom is -0.385 e. The SMILES string of the molecule is CC12CC(C3CCC(NC4CCCCC4)CC3)C3=C4CCC5(C[C@]4(O)CCCC3C1CCC2(O)C#CCOC1CCCCO1)OCCO5. The summed E-state index contributed by atoms with van der Waals surface area (Å²) in [7, 11) is 0. The number of ether oxygens (including phenoxy) is 4. The summed E-state index contributed by atoms with van der Waals surface area (Å²) < 4.78 is 24.2. The number of fused-ring (bicyclic) bond motifs is 4. The van der Waals surface area contributed by atoms with Gasteiger partial charge in [-0.3, -0.25) is 0 Å². The quantitative estimate of drug-likeness (QED) is 0.217. The Morgan fingerprint density at radius 3 is 2.33 bits per heavy atom. The van der Waals surface area contributed by atoms with Crippen molar-refractivity contribution in [2.45, 2.75) is 177 Å². The number of aliphatic hydroxyl groups is 2. The predicted molar refractivity (Wildman–Crippen MR) is 185 cm³/mol. The molecule has 1 spiro atoms. The van der Waals surface area contributed by atoms with Crippen molar-refractivity contribution >= 4 is 0 Å². The third kappa shape index (κ3) is 6.37. The zero-order chi connectivity index (χ0) is 32.8. The summed E-state index contributed by atoms with van der Waals surface area (Å²) in [5, 5.41) is 29.2. The van der Waals surface area contributed by atoms with Crippen LogP contribution in [0.3, 0.4) is 0 Å². The highest BCUT2D eigenvalue weighted by Gasteiger charge is 2.64. The normalized spacial score (nSPS) is 44.7. The number of rotatable bonds is 5. The first-order chi connectivity index (χ1) is 23.3. The zero-order valence-corrected chi connectivity index (χ0v) is 29.7. The molecule has 7 atom stereocenters. The lowest BCUT2D eigenvalue weighted by molar-refractivity contribution is -0.205. The Labute approximate surface area is 289 Å². The predicted octanol–water partition coefficient (Wildman–Crippen LogP) is 6.94. The molecule has 48 heavy (non-hydrogen) atoms. The third-order valence-corrected chi connectivity index (χ3v) is 14.8. The molecule has 6 aliphatic carbocycles. The van der Waals surface area contributed by atoms with E-state index in [0.29, 0.717) is 62.0 Å². The highest BCUT2D eigenvalue weighted by atomic mass is 16.7. The van der Waals surface area contributed by atoms with Crippen molar-refractivity contribution in [3.63, 3.8) is 0 Å². The van der Waals surface area contributed by atoms with Crippen molar-refractivity contribution in [3.05, 3.63) is 11.1 Å². The van der Waals surface area contributed by atoms with Crippen LogP contribution in [-0.4, -0.2) is 72.0 Å². The van der Waals surface area contributed by atoms with Crippen LogP contribution in [0.2, 0.25) is 0 Å². The standard InChI is InChI=1S/C41H63NO6/c1-38-27-33(29-13-15-31(16-14-29)42-30-9-3-2-4-10-30)37-32(11-7-19-39(43)28-41(22-18-35(37)39)47-25-26-48-41)34(38)17-21-40(38,44)20-8-24-46-36-12-5-6-23-45-36/h29-34,36,42-44H,2-7,9-19,21-28H2,1H3/t29?,31?,32?,33?,34?,36?,38?,39-,40?/m1/s1. The average Bonchev–Trinajstić information content (AvgIpc) is 3.60. The van der Waals surface area contributed by atoms with Gasteiger partial charge >= 0.3 is 0 Å². The summed E-state index contributed by atoms with van der Waals surface area (Å²) in [6.07, 6.45) is 22.6. The molecule has 0 amide bonds. The van der Waals surface area contributed by atoms with Gasteiger partial charge in [0.1, 0.15) is 12.2 Å². The van der Waals surface area contributed by atoms with E-state index in [4.69, 9.17) is 18.9 Å². The minimum atomic E-state index is -1.02. The van der Waals surface area contributed by atoms with Crippen LogP contribution in [-0.2, 0) is 18.9 Å². The number of nitrogens with one attached hydrogen (secondary N) is 1. The van der Waals surface area contributed by atoms with E-state index in [1.807, 2.05) is 0 Å². The van der Waals surface area contributed by atoms with Crippen molar-refractivity contribution in [3.8, 4) is 11.8 Å². The molecule has 7 fully saturated rings. The largest absolute Gasteiger partial charge is 0.385 e. The van der Waals surface area contributed by atoms with Crippen LogP contribution in [0.5, 0.6) is 0 Å². The van der Waals surface area contributed by atoms with Crippen LogP contribution in [0.1, 0.15) is 142 Å². The summed E-state index contributed by atoms with van der Waals surface area (Å²) in [5.74, 6) is 7.84. The van der Waals surface area contributed by atoms with E-state index in [-0.39, 0.29) is 11.7 Å². The molecule has 7 heteroatoms. The zero-order valence-electron chi connectivity index (χ0n) is 29.7. The number of allylic oxidation sites excluding steroid dienone is 1. The lowest BCUT2D eigenvalue weighted by atomic mass is 9.51. The van der Waals surface area contributed by atoms with Crippen LogP contribution >= 0.6 is 0 Å². The number of hydrogen-bond acceptors (Lipinski definition) is 7. The maximum Gasteiger partial charge on any atom is 0.171 e. The van der Waals surface area contributed by atoms with Crippen molar-refractivity contribution in [1.29, 1.82) is 0 Å². The second kappa shape index (κ2) is 13.9. The summed E-state index contributed by atoms with van der Waals surface area (Å²) in [4.78, 5) is 0. The lowest BCUT2D eigenvalue weighted by Crippen LogP contribution is -2.53. The molecule has 0 aromatic heterocycles. The molecular weight excluding hydrogens is 602 g/mol. The van der Waals surface area contributed by atoms with Crippen LogP contribution in [0.25, 0.3) is 0 Å². The van der Waals surface area contributed by atoms with E-state index in [2.05, 4.69) is 24.1 Å². The lowest BCUT2D eigenvalue weighted by Gasteiger charge is -2.55. The first-order valence-electron chi connectivity index (χ1n) is 20.3. The van der Waals surface area contributed by atoms with Crippen LogP contribution < -0.4 is 5.32 Å². The summed E-state index contributed by atoms with van der Waals surface area (Å²) in [6, 6.07) is 1.33. The van der Waals surface area contributed by atoms with Crippen molar-refractivity contribution in [1.82, 2.24) is 5.32 Å². The molecule has 7 nitrogen and oxygen atoms in total. The van der Waals surface area contributed by atoms with E-state index >= 15 is 0 Å². The first kappa shape index (κ1) is 34.1. The summed E-state index contributed by atoms with van der Waals surface area (Å²) in [6.45, 7) is 4.71. The van der Waals surface area contributed by atoms with Gasteiger partial charge < -0.3 is 34.5 Å². The molecule has 8 rings (SSSR count). The molecule has 6 unspecified atom stereocenters. The average molecular weight is 666 g/mol. The molecule has 8 aliphatic rings. The molecule has 2 heterocycles. The molecule has 268 valence electrons. The van der Waals surface area contributed by atoms with Gasteiger partial charge in [0.25, 0.3) is 0 Å². The smallest absolute Gasteiger partial charge is 0.171 e. The van der Waals surface area contributed by atoms with Gasteiger partial charge in [-0.1, -0.05) is 43.6 Å². The van der Waals surface area contributed by atoms with E-state index in [1.54, 1.807) is 5.57 Å². The first-order valence-corrected chi connectivity index (χ1v) is 20.3. The van der Waals surface area contributed by atoms with E-state index in [9.17, 15) is 10.2 Å². The Kier molecular flexibility index (Phi) is 9.86. The Bertz CT molecular complexity index is 1230. The van der Waals surface area contributed by atoms with Gasteiger partial charge in [-0.05, 0) is 132 Å². The highest BCUT2D eigenvalue weighted by Crippen LogP contribution is 2.67. The van der Waals surface area contributed by atoms with Gasteiger partial charge in [-0.15, -0.1) is 0 Å². The van der Waals surface area contributed by atoms with Crippen LogP contribution in [0.15, 0.2) is 11.1 Å². The third-order valence-electron chi connectivity index (χ3n) is 14.8. The molecule has 3 N–H and O–H groups in total. The summed E-state index contributed by atoms with van der Waals surface area (Å²) >= 11 is 0. The van der Waals surface area contributed by atoms with Crippen molar-refractivity contribution in [2.24, 2.45) is 29.1 Å². The Morgan fingerprint density at radius 1 is 0.792 bits per heavy atom. The molecule has 2 aliphatic heterocycles. The Hall–Kier alpha value is -0.980. The van der Waals surface area contributed by atoms with E-state index in [0.717, 1.165) is 77.2 Å². The fourth-order valence-corrected chi connectivity index (χ4v) is 12.4. The maximum absolute atomic E-state index is 12.6. The fraction of sp³-hybridized carbons (Fsp3) is 0.902. The molecule has 2 saturated heterocycles. The maximum atomic E-state index is 12.6. The second-order valence-corrected chi connectivity index (χ2v) is 17.5. The van der Waals surface area contributed by atoms with Crippen LogP contribution in [0.4, 0.5) is 0 Å². The Morgan fingerprint density at radius 2 is 1.56 bits per heavy atom. The number of hydrogen-bond donors (Lipinski definition) is 3. The molecule has 0 aromatic rings. The van der Waals surface area contributed by atoms with Crippen molar-refractivity contribution in [2.75, 3.05) is 26.4 Å². The van der Waals surface area contributed by atoms with Gasteiger partial charge in [0.2, 0.25) is 0 Å². The summed E-state index contributed by atoms with van der Waals surface area (Å²) in [5.41, 5.74) is 0.781. The topological polar surface area (TPSA) is 89.4 Å². The molecule has 0 radical (unpaired) electrons. The molecule has 0 bridgehead atoms. The molecule has 0 aromatic carbocycles. The molecule has 5 saturated carbocycles. The van der Waals surface area contributed by atoms with E-state index < -0.39 is 17.0 Å². The van der Waals surface area contributed by atoms with Gasteiger partial charge in [-0.25, -0.2) is 0 Å².